The van der Waals surface area contributed by atoms with Gasteiger partial charge in [-0.3, -0.25) is 9.59 Å². The van der Waals surface area contributed by atoms with Crippen LogP contribution in [0.5, 0.6) is 0 Å². The molecule has 0 aromatic carbocycles. The van der Waals surface area contributed by atoms with Crippen molar-refractivity contribution >= 4 is 11.9 Å². The third-order valence-electron chi connectivity index (χ3n) is 13.6. The summed E-state index contributed by atoms with van der Waals surface area (Å²) >= 11 is 0. The first-order chi connectivity index (χ1) is 31.5. The minimum atomic E-state index is -0.782. The first-order valence-electron chi connectivity index (χ1n) is 28.9. The van der Waals surface area contributed by atoms with Crippen molar-refractivity contribution in [3.05, 3.63) is 12.2 Å². The first kappa shape index (κ1) is 62.6. The summed E-state index contributed by atoms with van der Waals surface area (Å²) in [6.45, 7) is 6.51. The van der Waals surface area contributed by atoms with Crippen LogP contribution in [0.25, 0.3) is 0 Å². The molecule has 0 spiro atoms. The number of ether oxygens (including phenoxy) is 1. The zero-order valence-electron chi connectivity index (χ0n) is 43.4. The van der Waals surface area contributed by atoms with Crippen LogP contribution in [-0.4, -0.2) is 46.9 Å². The molecule has 0 rings (SSSR count). The molecule has 0 aliphatic heterocycles. The standard InChI is InChI=1S/C58H113NO5/c1-4-7-10-13-16-19-22-24-26-28-30-32-35-37-40-43-46-49-54(52-57(62)59-55(53-60)56(61)50-47-44-41-38-34-21-18-15-12-9-6-3)64-58(63)51-48-45-42-39-36-33-31-29-27-25-23-20-17-14-11-8-5-2/h25,27,54-56,60-61H,4-24,26,28-53H2,1-3H3,(H,59,62)/b27-25+. The SMILES string of the molecule is CCCCCCCC/C=C/CCCCCCCCCC(=O)OC(CCCCCCCCCCCCCCCCCCC)CC(=O)NC(CO)C(O)CCCCCCCCCCCCC. The number of carbonyl (C=O) groups is 2. The lowest BCUT2D eigenvalue weighted by molar-refractivity contribution is -0.151. The van der Waals surface area contributed by atoms with Crippen LogP contribution in [0.2, 0.25) is 0 Å². The van der Waals surface area contributed by atoms with E-state index in [9.17, 15) is 19.8 Å². The largest absolute Gasteiger partial charge is 0.462 e. The molecule has 6 nitrogen and oxygen atoms in total. The van der Waals surface area contributed by atoms with E-state index >= 15 is 0 Å². The molecule has 380 valence electrons. The van der Waals surface area contributed by atoms with Gasteiger partial charge in [-0.25, -0.2) is 0 Å². The summed E-state index contributed by atoms with van der Waals surface area (Å²) in [5.41, 5.74) is 0. The van der Waals surface area contributed by atoms with Crippen molar-refractivity contribution in [1.82, 2.24) is 5.32 Å². The molecule has 0 saturated carbocycles. The van der Waals surface area contributed by atoms with Crippen LogP contribution in [0.15, 0.2) is 12.2 Å². The van der Waals surface area contributed by atoms with Gasteiger partial charge in [-0.05, 0) is 51.4 Å². The average Bonchev–Trinajstić information content (AvgIpc) is 3.29. The van der Waals surface area contributed by atoms with Crippen LogP contribution in [0.1, 0.15) is 323 Å². The van der Waals surface area contributed by atoms with Gasteiger partial charge in [0.2, 0.25) is 5.91 Å². The highest BCUT2D eigenvalue weighted by molar-refractivity contribution is 5.77. The molecule has 0 aliphatic carbocycles. The minimum Gasteiger partial charge on any atom is -0.462 e. The lowest BCUT2D eigenvalue weighted by Gasteiger charge is -2.24. The van der Waals surface area contributed by atoms with Gasteiger partial charge in [-0.1, -0.05) is 270 Å². The molecule has 3 atom stereocenters. The van der Waals surface area contributed by atoms with Gasteiger partial charge in [0.05, 0.1) is 25.2 Å². The Balaban J connectivity index is 4.51. The lowest BCUT2D eigenvalue weighted by Crippen LogP contribution is -2.46. The minimum absolute atomic E-state index is 0.0838. The topological polar surface area (TPSA) is 95.9 Å². The quantitative estimate of drug-likeness (QED) is 0.0321. The van der Waals surface area contributed by atoms with E-state index in [1.807, 2.05) is 0 Å². The van der Waals surface area contributed by atoms with Crippen molar-refractivity contribution in [3.63, 3.8) is 0 Å². The summed E-state index contributed by atoms with van der Waals surface area (Å²) in [6.07, 6.45) is 59.9. The molecule has 0 fully saturated rings. The Bertz CT molecular complexity index is 970. The van der Waals surface area contributed by atoms with Crippen LogP contribution < -0.4 is 5.32 Å². The second kappa shape index (κ2) is 52.6. The number of aliphatic hydroxyl groups excluding tert-OH is 2. The Morgan fingerprint density at radius 3 is 1.11 bits per heavy atom. The number of hydrogen-bond donors (Lipinski definition) is 3. The average molecular weight is 905 g/mol. The number of carbonyl (C=O) groups excluding carboxylic acids is 2. The van der Waals surface area contributed by atoms with E-state index < -0.39 is 18.2 Å². The predicted octanol–water partition coefficient (Wildman–Crippen LogP) is 17.7. The maximum atomic E-state index is 13.2. The zero-order chi connectivity index (χ0) is 46.7. The van der Waals surface area contributed by atoms with Gasteiger partial charge in [0, 0.05) is 6.42 Å². The fourth-order valence-electron chi connectivity index (χ4n) is 9.19. The normalized spacial score (nSPS) is 13.1. The van der Waals surface area contributed by atoms with Gasteiger partial charge < -0.3 is 20.3 Å². The van der Waals surface area contributed by atoms with Crippen molar-refractivity contribution in [2.24, 2.45) is 0 Å². The summed E-state index contributed by atoms with van der Waals surface area (Å²) in [5, 5.41) is 23.8. The van der Waals surface area contributed by atoms with E-state index in [0.29, 0.717) is 19.3 Å². The Kier molecular flexibility index (Phi) is 51.4. The monoisotopic (exact) mass is 904 g/mol. The van der Waals surface area contributed by atoms with Crippen LogP contribution in [0.3, 0.4) is 0 Å². The van der Waals surface area contributed by atoms with Gasteiger partial charge in [-0.2, -0.15) is 0 Å². The highest BCUT2D eigenvalue weighted by atomic mass is 16.5. The van der Waals surface area contributed by atoms with Gasteiger partial charge >= 0.3 is 5.97 Å². The summed E-state index contributed by atoms with van der Waals surface area (Å²) < 4.78 is 5.97. The number of hydrogen-bond acceptors (Lipinski definition) is 5. The third kappa shape index (κ3) is 47.1. The molecule has 0 heterocycles. The van der Waals surface area contributed by atoms with Crippen LogP contribution in [-0.2, 0) is 14.3 Å². The molecule has 0 radical (unpaired) electrons. The van der Waals surface area contributed by atoms with Gasteiger partial charge in [0.1, 0.15) is 6.10 Å². The van der Waals surface area contributed by atoms with Crippen molar-refractivity contribution in [1.29, 1.82) is 0 Å². The van der Waals surface area contributed by atoms with Crippen LogP contribution in [0.4, 0.5) is 0 Å². The molecule has 0 aromatic heterocycles. The second-order valence-corrected chi connectivity index (χ2v) is 20.1. The molecule has 3 unspecified atom stereocenters. The number of nitrogens with one attached hydrogen (secondary N) is 1. The number of esters is 1. The van der Waals surface area contributed by atoms with Gasteiger partial charge in [0.15, 0.2) is 0 Å². The molecule has 0 aromatic rings. The molecular formula is C58H113NO5. The number of aliphatic hydroxyl groups is 2. The van der Waals surface area contributed by atoms with Gasteiger partial charge in [-0.15, -0.1) is 0 Å². The number of rotatable bonds is 53. The van der Waals surface area contributed by atoms with E-state index in [0.717, 1.165) is 44.9 Å². The maximum Gasteiger partial charge on any atom is 0.306 e. The second-order valence-electron chi connectivity index (χ2n) is 20.1. The zero-order valence-corrected chi connectivity index (χ0v) is 43.4. The third-order valence-corrected chi connectivity index (χ3v) is 13.6. The predicted molar refractivity (Wildman–Crippen MR) is 278 cm³/mol. The van der Waals surface area contributed by atoms with Crippen molar-refractivity contribution in [2.45, 2.75) is 341 Å². The Labute approximate surface area is 399 Å². The number of allylic oxidation sites excluding steroid dienone is 2. The molecular weight excluding hydrogens is 791 g/mol. The Hall–Kier alpha value is -1.40. The van der Waals surface area contributed by atoms with Crippen molar-refractivity contribution in [2.75, 3.05) is 6.61 Å². The fraction of sp³-hybridized carbons (Fsp3) is 0.931. The summed E-state index contributed by atoms with van der Waals surface area (Å²) in [5.74, 6) is -0.456. The molecule has 1 amide bonds. The first-order valence-corrected chi connectivity index (χ1v) is 28.9. The summed E-state index contributed by atoms with van der Waals surface area (Å²) in [4.78, 5) is 26.3. The summed E-state index contributed by atoms with van der Waals surface area (Å²) in [6, 6.07) is -0.696. The molecule has 3 N–H and O–H groups in total. The Morgan fingerprint density at radius 1 is 0.438 bits per heavy atom. The smallest absolute Gasteiger partial charge is 0.306 e. The van der Waals surface area contributed by atoms with Crippen molar-refractivity contribution < 1.29 is 24.5 Å². The number of amides is 1. The van der Waals surface area contributed by atoms with E-state index in [4.69, 9.17) is 4.74 Å². The highest BCUT2D eigenvalue weighted by Gasteiger charge is 2.24. The van der Waals surface area contributed by atoms with Gasteiger partial charge in [0.25, 0.3) is 0 Å². The van der Waals surface area contributed by atoms with Crippen LogP contribution >= 0.6 is 0 Å². The fourth-order valence-corrected chi connectivity index (χ4v) is 9.19. The lowest BCUT2D eigenvalue weighted by atomic mass is 10.0. The van der Waals surface area contributed by atoms with E-state index in [2.05, 4.69) is 38.2 Å². The molecule has 0 bridgehead atoms. The van der Waals surface area contributed by atoms with E-state index in [1.54, 1.807) is 0 Å². The van der Waals surface area contributed by atoms with E-state index in [1.165, 1.54) is 231 Å². The summed E-state index contributed by atoms with van der Waals surface area (Å²) in [7, 11) is 0. The molecule has 64 heavy (non-hydrogen) atoms. The number of unbranched alkanes of at least 4 members (excludes halogenated alkanes) is 39. The van der Waals surface area contributed by atoms with Crippen molar-refractivity contribution in [3.8, 4) is 0 Å². The van der Waals surface area contributed by atoms with E-state index in [-0.39, 0.29) is 24.9 Å². The molecule has 6 heteroatoms. The maximum absolute atomic E-state index is 13.2. The molecule has 0 aliphatic rings. The highest BCUT2D eigenvalue weighted by Crippen LogP contribution is 2.19. The molecule has 0 saturated heterocycles. The van der Waals surface area contributed by atoms with Crippen LogP contribution in [0, 0.1) is 0 Å². The Morgan fingerprint density at radius 2 is 0.750 bits per heavy atom.